The number of rotatable bonds is 4. The lowest BCUT2D eigenvalue weighted by Gasteiger charge is -2.20. The maximum absolute atomic E-state index is 12.5. The number of hydrogen-bond acceptors (Lipinski definition) is 5. The molecule has 0 fully saturated rings. The number of aryl methyl sites for hydroxylation is 1. The molecule has 0 spiro atoms. The van der Waals surface area contributed by atoms with Gasteiger partial charge in [-0.05, 0) is 19.6 Å². The molecule has 0 radical (unpaired) electrons. The second-order valence-corrected chi connectivity index (χ2v) is 12.2. The Morgan fingerprint density at radius 3 is 1.83 bits per heavy atom. The first-order valence-corrected chi connectivity index (χ1v) is 12.8. The van der Waals surface area contributed by atoms with Gasteiger partial charge in [0.1, 0.15) is 0 Å². The molecule has 0 saturated carbocycles. The van der Waals surface area contributed by atoms with Crippen molar-refractivity contribution in [3.8, 4) is 28.4 Å². The molecule has 146 valence electrons. The molecule has 0 aliphatic heterocycles. The van der Waals surface area contributed by atoms with Crippen LogP contribution in [0.15, 0.2) is 65.5 Å². The second kappa shape index (κ2) is 7.25. The quantitative estimate of drug-likeness (QED) is 0.477. The van der Waals surface area contributed by atoms with Crippen LogP contribution in [-0.2, 0) is 7.05 Å². The molecule has 29 heavy (non-hydrogen) atoms. The topological polar surface area (TPSA) is 69.9 Å². The van der Waals surface area contributed by atoms with Gasteiger partial charge in [-0.3, -0.25) is 4.57 Å². The van der Waals surface area contributed by atoms with Gasteiger partial charge in [0.2, 0.25) is 14.2 Å². The zero-order chi connectivity index (χ0) is 20.6. The van der Waals surface area contributed by atoms with E-state index in [1.165, 1.54) is 4.57 Å². The van der Waals surface area contributed by atoms with Gasteiger partial charge in [-0.15, -0.1) is 0 Å². The van der Waals surface area contributed by atoms with E-state index in [9.17, 15) is 4.79 Å². The molecule has 0 amide bonds. The van der Waals surface area contributed by atoms with Crippen molar-refractivity contribution in [2.24, 2.45) is 7.05 Å². The first-order chi connectivity index (χ1) is 13.8. The molecule has 0 aliphatic carbocycles. The van der Waals surface area contributed by atoms with Crippen LogP contribution in [0.1, 0.15) is 0 Å². The fourth-order valence-corrected chi connectivity index (χ4v) is 3.79. The SMILES string of the molecule is Cn1c(=O)nc(O[Si](C)(C)C)c2nc(-c3ccccc3)c(-c3ccccc3)nc21. The van der Waals surface area contributed by atoms with Gasteiger partial charge in [-0.2, -0.15) is 4.98 Å². The number of aromatic nitrogens is 4. The van der Waals surface area contributed by atoms with Gasteiger partial charge in [0.25, 0.3) is 0 Å². The lowest BCUT2D eigenvalue weighted by molar-refractivity contribution is 0.531. The van der Waals surface area contributed by atoms with Crippen LogP contribution in [0.4, 0.5) is 0 Å². The lowest BCUT2D eigenvalue weighted by atomic mass is 10.0. The van der Waals surface area contributed by atoms with Crippen LogP contribution in [0.3, 0.4) is 0 Å². The van der Waals surface area contributed by atoms with E-state index in [1.54, 1.807) is 7.05 Å². The van der Waals surface area contributed by atoms with Gasteiger partial charge in [0.15, 0.2) is 11.2 Å². The van der Waals surface area contributed by atoms with Gasteiger partial charge in [-0.25, -0.2) is 14.8 Å². The van der Waals surface area contributed by atoms with Crippen LogP contribution in [0.25, 0.3) is 33.7 Å². The van der Waals surface area contributed by atoms with Crippen molar-refractivity contribution in [2.45, 2.75) is 19.6 Å². The fourth-order valence-electron chi connectivity index (χ4n) is 3.07. The first kappa shape index (κ1) is 19.0. The van der Waals surface area contributed by atoms with Crippen molar-refractivity contribution in [2.75, 3.05) is 0 Å². The van der Waals surface area contributed by atoms with Crippen molar-refractivity contribution >= 4 is 19.5 Å². The van der Waals surface area contributed by atoms with Crippen LogP contribution in [0, 0.1) is 0 Å². The number of fused-ring (bicyclic) bond motifs is 1. The molecular weight excluding hydrogens is 380 g/mol. The van der Waals surface area contributed by atoms with Crippen molar-refractivity contribution in [1.82, 2.24) is 19.5 Å². The third kappa shape index (κ3) is 3.81. The molecule has 2 aromatic heterocycles. The standard InChI is InChI=1S/C22H22N4O2Si/c1-26-20-19(21(25-22(26)27)28-29(2,3)4)23-17(15-11-7-5-8-12-15)18(24-20)16-13-9-6-10-14-16/h5-14H,1-4H3. The number of benzene rings is 2. The van der Waals surface area contributed by atoms with E-state index in [-0.39, 0.29) is 5.88 Å². The minimum Gasteiger partial charge on any atom is -0.530 e. The molecule has 7 heteroatoms. The van der Waals surface area contributed by atoms with Gasteiger partial charge < -0.3 is 4.43 Å². The summed E-state index contributed by atoms with van der Waals surface area (Å²) in [6.45, 7) is 6.13. The summed E-state index contributed by atoms with van der Waals surface area (Å²) in [6.07, 6.45) is 0. The van der Waals surface area contributed by atoms with Crippen molar-refractivity contribution in [1.29, 1.82) is 0 Å². The average Bonchev–Trinajstić information content (AvgIpc) is 2.71. The Balaban J connectivity index is 2.09. The number of hydrogen-bond donors (Lipinski definition) is 0. The highest BCUT2D eigenvalue weighted by molar-refractivity contribution is 6.70. The molecule has 0 saturated heterocycles. The summed E-state index contributed by atoms with van der Waals surface area (Å²) in [5.74, 6) is 0.256. The maximum atomic E-state index is 12.5. The molecule has 0 aliphatic rings. The van der Waals surface area contributed by atoms with Crippen LogP contribution in [0.5, 0.6) is 5.88 Å². The molecule has 2 heterocycles. The summed E-state index contributed by atoms with van der Waals surface area (Å²) in [6, 6.07) is 19.7. The van der Waals surface area contributed by atoms with E-state index in [4.69, 9.17) is 14.4 Å². The highest BCUT2D eigenvalue weighted by Gasteiger charge is 2.23. The predicted octanol–water partition coefficient (Wildman–Crippen LogP) is 4.27. The fraction of sp³-hybridized carbons (Fsp3) is 0.182. The Bertz CT molecular complexity index is 1230. The molecule has 0 atom stereocenters. The minimum atomic E-state index is -2.01. The monoisotopic (exact) mass is 402 g/mol. The normalized spacial score (nSPS) is 11.6. The van der Waals surface area contributed by atoms with Gasteiger partial charge >= 0.3 is 5.69 Å². The Hall–Kier alpha value is -3.32. The zero-order valence-electron chi connectivity index (χ0n) is 16.9. The van der Waals surface area contributed by atoms with E-state index >= 15 is 0 Å². The van der Waals surface area contributed by atoms with Gasteiger partial charge in [0.05, 0.1) is 11.4 Å². The molecule has 4 rings (SSSR count). The van der Waals surface area contributed by atoms with Crippen LogP contribution < -0.4 is 10.1 Å². The molecule has 2 aromatic carbocycles. The summed E-state index contributed by atoms with van der Waals surface area (Å²) in [7, 11) is -0.354. The molecule has 0 unspecified atom stereocenters. The summed E-state index contributed by atoms with van der Waals surface area (Å²) >= 11 is 0. The third-order valence-corrected chi connectivity index (χ3v) is 5.18. The van der Waals surface area contributed by atoms with Crippen LogP contribution >= 0.6 is 0 Å². The van der Waals surface area contributed by atoms with Crippen LogP contribution in [-0.4, -0.2) is 27.8 Å². The molecular formula is C22H22N4O2Si. The average molecular weight is 403 g/mol. The van der Waals surface area contributed by atoms with Crippen molar-refractivity contribution in [3.63, 3.8) is 0 Å². The summed E-state index contributed by atoms with van der Waals surface area (Å²) < 4.78 is 7.52. The minimum absolute atomic E-state index is 0.256. The maximum Gasteiger partial charge on any atom is 0.352 e. The molecule has 6 nitrogen and oxygen atoms in total. The smallest absolute Gasteiger partial charge is 0.352 e. The molecule has 0 bridgehead atoms. The Morgan fingerprint density at radius 2 is 1.31 bits per heavy atom. The van der Waals surface area contributed by atoms with E-state index in [2.05, 4.69) is 4.98 Å². The van der Waals surface area contributed by atoms with Gasteiger partial charge in [-0.1, -0.05) is 60.7 Å². The van der Waals surface area contributed by atoms with Gasteiger partial charge in [0, 0.05) is 18.2 Å². The third-order valence-electron chi connectivity index (χ3n) is 4.38. The van der Waals surface area contributed by atoms with Crippen molar-refractivity contribution < 1.29 is 4.43 Å². The summed E-state index contributed by atoms with van der Waals surface area (Å²) in [5.41, 5.74) is 3.84. The Kier molecular flexibility index (Phi) is 4.75. The van der Waals surface area contributed by atoms with E-state index < -0.39 is 14.0 Å². The number of nitrogens with zero attached hydrogens (tertiary/aromatic N) is 4. The summed E-state index contributed by atoms with van der Waals surface area (Å²) in [5, 5.41) is 0. The predicted molar refractivity (Wildman–Crippen MR) is 117 cm³/mol. The summed E-state index contributed by atoms with van der Waals surface area (Å²) in [4.78, 5) is 26.4. The van der Waals surface area contributed by atoms with E-state index in [0.29, 0.717) is 16.9 Å². The highest BCUT2D eigenvalue weighted by Crippen LogP contribution is 2.32. The molecule has 0 N–H and O–H groups in total. The van der Waals surface area contributed by atoms with Crippen molar-refractivity contribution in [3.05, 3.63) is 71.1 Å². The van der Waals surface area contributed by atoms with E-state index in [1.807, 2.05) is 80.3 Å². The largest absolute Gasteiger partial charge is 0.530 e. The Labute approximate surface area is 170 Å². The van der Waals surface area contributed by atoms with E-state index in [0.717, 1.165) is 16.8 Å². The molecule has 4 aromatic rings. The lowest BCUT2D eigenvalue weighted by Crippen LogP contribution is -2.32. The van der Waals surface area contributed by atoms with Crippen LogP contribution in [0.2, 0.25) is 19.6 Å². The first-order valence-electron chi connectivity index (χ1n) is 9.42. The zero-order valence-corrected chi connectivity index (χ0v) is 17.9. The Morgan fingerprint density at radius 1 is 0.793 bits per heavy atom. The highest BCUT2D eigenvalue weighted by atomic mass is 28.4. The second-order valence-electron chi connectivity index (χ2n) is 7.80.